The zero-order valence-electron chi connectivity index (χ0n) is 8.26. The predicted molar refractivity (Wildman–Crippen MR) is 50.8 cm³/mol. The highest BCUT2D eigenvalue weighted by atomic mass is 16.6. The van der Waals surface area contributed by atoms with Crippen molar-refractivity contribution in [2.75, 3.05) is 6.61 Å². The average Bonchev–Trinajstić information content (AvgIpc) is 2.90. The molecule has 1 saturated heterocycles. The molecule has 1 aromatic rings. The Kier molecular flexibility index (Phi) is 2.65. The first-order valence-electron chi connectivity index (χ1n) is 4.61. The highest BCUT2D eigenvalue weighted by Crippen LogP contribution is 2.35. The lowest BCUT2D eigenvalue weighted by molar-refractivity contribution is -0.0961. The van der Waals surface area contributed by atoms with Crippen LogP contribution in [-0.2, 0) is 4.74 Å². The van der Waals surface area contributed by atoms with Gasteiger partial charge in [-0.2, -0.15) is 5.10 Å². The van der Waals surface area contributed by atoms with E-state index < -0.39 is 30.6 Å². The molecule has 0 bridgehead atoms. The third kappa shape index (κ3) is 1.40. The zero-order valence-corrected chi connectivity index (χ0v) is 8.26. The summed E-state index contributed by atoms with van der Waals surface area (Å²) in [6, 6.07) is 0. The highest BCUT2D eigenvalue weighted by molar-refractivity contribution is 5.18. The Labute approximate surface area is 91.3 Å². The number of aliphatic hydroxyl groups excluding tert-OH is 3. The van der Waals surface area contributed by atoms with Crippen LogP contribution in [0.25, 0.3) is 0 Å². The van der Waals surface area contributed by atoms with Crippen molar-refractivity contribution in [2.45, 2.75) is 24.0 Å². The highest BCUT2D eigenvalue weighted by Gasteiger charge is 2.54. The smallest absolute Gasteiger partial charge is 0.182 e. The van der Waals surface area contributed by atoms with Crippen molar-refractivity contribution in [3.8, 4) is 12.3 Å². The van der Waals surface area contributed by atoms with Crippen molar-refractivity contribution in [1.82, 2.24) is 14.8 Å². The molecule has 1 aliphatic rings. The summed E-state index contributed by atoms with van der Waals surface area (Å²) in [6.45, 7) is -0.590. The Morgan fingerprint density at radius 3 is 2.75 bits per heavy atom. The molecule has 0 unspecified atom stereocenters. The van der Waals surface area contributed by atoms with Gasteiger partial charge in [0.05, 0.1) is 6.61 Å². The first-order chi connectivity index (χ1) is 7.64. The lowest BCUT2D eigenvalue weighted by atomic mass is 9.97. The molecule has 2 heterocycles. The number of nitrogens with zero attached hydrogens (tertiary/aromatic N) is 3. The number of hydrogen-bond donors (Lipinski definition) is 3. The molecule has 0 aliphatic carbocycles. The van der Waals surface area contributed by atoms with E-state index in [2.05, 4.69) is 16.0 Å². The van der Waals surface area contributed by atoms with Gasteiger partial charge in [-0.25, -0.2) is 9.67 Å². The van der Waals surface area contributed by atoms with E-state index in [1.54, 1.807) is 0 Å². The van der Waals surface area contributed by atoms with E-state index >= 15 is 0 Å². The van der Waals surface area contributed by atoms with Gasteiger partial charge in [-0.3, -0.25) is 0 Å². The Morgan fingerprint density at radius 1 is 1.56 bits per heavy atom. The van der Waals surface area contributed by atoms with Crippen molar-refractivity contribution in [1.29, 1.82) is 0 Å². The number of aromatic nitrogens is 3. The number of hydrogen-bond acceptors (Lipinski definition) is 6. The van der Waals surface area contributed by atoms with E-state index in [0.717, 1.165) is 0 Å². The Bertz CT molecular complexity index is 401. The molecule has 0 spiro atoms. The topological polar surface area (TPSA) is 101 Å². The second kappa shape index (κ2) is 3.84. The van der Waals surface area contributed by atoms with Gasteiger partial charge in [-0.15, -0.1) is 6.42 Å². The van der Waals surface area contributed by atoms with Crippen LogP contribution in [0.5, 0.6) is 0 Å². The van der Waals surface area contributed by atoms with Crippen molar-refractivity contribution in [2.24, 2.45) is 0 Å². The second-order valence-corrected chi connectivity index (χ2v) is 3.51. The van der Waals surface area contributed by atoms with Gasteiger partial charge in [-0.1, -0.05) is 5.92 Å². The predicted octanol–water partition coefficient (Wildman–Crippen LogP) is -2.11. The summed E-state index contributed by atoms with van der Waals surface area (Å²) < 4.78 is 6.52. The molecule has 2 rings (SSSR count). The Morgan fingerprint density at radius 2 is 2.31 bits per heavy atom. The van der Waals surface area contributed by atoms with Gasteiger partial charge in [0.25, 0.3) is 0 Å². The van der Waals surface area contributed by atoms with Crippen LogP contribution >= 0.6 is 0 Å². The minimum atomic E-state index is -1.60. The molecule has 1 aromatic heterocycles. The molecule has 0 amide bonds. The summed E-state index contributed by atoms with van der Waals surface area (Å²) in [7, 11) is 0. The Balaban J connectivity index is 2.31. The molecular formula is C9H11N3O4. The quantitative estimate of drug-likeness (QED) is 0.498. The largest absolute Gasteiger partial charge is 0.392 e. The molecule has 7 nitrogen and oxygen atoms in total. The van der Waals surface area contributed by atoms with Crippen molar-refractivity contribution in [3.05, 3.63) is 12.7 Å². The van der Waals surface area contributed by atoms with Crippen molar-refractivity contribution >= 4 is 0 Å². The SMILES string of the molecule is C#C[C@]1(CO)O[C@@H](n2cncn2)[C@H](O)[C@@H]1O. The fraction of sp³-hybridized carbons (Fsp3) is 0.556. The Hall–Kier alpha value is -1.46. The van der Waals surface area contributed by atoms with Crippen molar-refractivity contribution < 1.29 is 20.1 Å². The average molecular weight is 225 g/mol. The van der Waals surface area contributed by atoms with E-state index in [1.807, 2.05) is 0 Å². The van der Waals surface area contributed by atoms with Crippen molar-refractivity contribution in [3.63, 3.8) is 0 Å². The minimum absolute atomic E-state index is 0.590. The van der Waals surface area contributed by atoms with E-state index in [-0.39, 0.29) is 0 Å². The molecular weight excluding hydrogens is 214 g/mol. The molecule has 86 valence electrons. The molecule has 0 saturated carbocycles. The summed E-state index contributed by atoms with van der Waals surface area (Å²) >= 11 is 0. The van der Waals surface area contributed by atoms with Gasteiger partial charge >= 0.3 is 0 Å². The summed E-state index contributed by atoms with van der Waals surface area (Å²) in [6.07, 6.45) is 4.17. The van der Waals surface area contributed by atoms with E-state index in [4.69, 9.17) is 16.3 Å². The maximum Gasteiger partial charge on any atom is 0.182 e. The van der Waals surface area contributed by atoms with Crippen LogP contribution in [0.15, 0.2) is 12.7 Å². The number of aliphatic hydroxyl groups is 3. The van der Waals surface area contributed by atoms with Gasteiger partial charge in [-0.05, 0) is 0 Å². The third-order valence-electron chi connectivity index (χ3n) is 2.60. The van der Waals surface area contributed by atoms with E-state index in [0.29, 0.717) is 0 Å². The molecule has 0 radical (unpaired) electrons. The van der Waals surface area contributed by atoms with Crippen LogP contribution in [0.4, 0.5) is 0 Å². The molecule has 7 heteroatoms. The molecule has 0 aromatic carbocycles. The normalized spacial score (nSPS) is 38.5. The summed E-state index contributed by atoms with van der Waals surface area (Å²) in [5.41, 5.74) is -1.60. The van der Waals surface area contributed by atoms with Crippen LogP contribution in [0, 0.1) is 12.3 Å². The molecule has 3 N–H and O–H groups in total. The summed E-state index contributed by atoms with van der Waals surface area (Å²) in [5, 5.41) is 32.4. The van der Waals surface area contributed by atoms with Crippen LogP contribution in [-0.4, -0.2) is 54.5 Å². The van der Waals surface area contributed by atoms with E-state index in [9.17, 15) is 10.2 Å². The maximum absolute atomic E-state index is 9.76. The minimum Gasteiger partial charge on any atom is -0.392 e. The van der Waals surface area contributed by atoms with Gasteiger partial charge in [0.15, 0.2) is 11.8 Å². The van der Waals surface area contributed by atoms with Gasteiger partial charge in [0, 0.05) is 0 Å². The van der Waals surface area contributed by atoms with Gasteiger partial charge in [0.2, 0.25) is 0 Å². The molecule has 16 heavy (non-hydrogen) atoms. The number of terminal acetylenes is 1. The monoisotopic (exact) mass is 225 g/mol. The van der Waals surface area contributed by atoms with Crippen LogP contribution in [0.1, 0.15) is 6.23 Å². The lowest BCUT2D eigenvalue weighted by Gasteiger charge is -2.23. The fourth-order valence-corrected chi connectivity index (χ4v) is 1.64. The third-order valence-corrected chi connectivity index (χ3v) is 2.60. The van der Waals surface area contributed by atoms with Crippen LogP contribution in [0.2, 0.25) is 0 Å². The second-order valence-electron chi connectivity index (χ2n) is 3.51. The maximum atomic E-state index is 9.76. The lowest BCUT2D eigenvalue weighted by Crippen LogP contribution is -2.44. The van der Waals surface area contributed by atoms with Crippen LogP contribution in [0.3, 0.4) is 0 Å². The zero-order chi connectivity index (χ0) is 11.8. The standard InChI is InChI=1S/C9H11N3O4/c1-2-9(3-13)7(15)6(14)8(16-9)12-5-10-4-11-12/h1,4-8,13-15H,3H2/t6-,7+,8-,9-/m1/s1. The molecule has 4 atom stereocenters. The fourth-order valence-electron chi connectivity index (χ4n) is 1.64. The molecule has 1 aliphatic heterocycles. The number of ether oxygens (including phenoxy) is 1. The van der Waals surface area contributed by atoms with E-state index in [1.165, 1.54) is 17.3 Å². The molecule has 1 fully saturated rings. The van der Waals surface area contributed by atoms with Crippen LogP contribution < -0.4 is 0 Å². The summed E-state index contributed by atoms with van der Waals surface area (Å²) in [4.78, 5) is 3.69. The number of rotatable bonds is 2. The first-order valence-corrected chi connectivity index (χ1v) is 4.61. The van der Waals surface area contributed by atoms with Gasteiger partial charge in [0.1, 0.15) is 24.9 Å². The first kappa shape index (κ1) is 11.0. The summed E-state index contributed by atoms with van der Waals surface area (Å²) in [5.74, 6) is 2.16. The van der Waals surface area contributed by atoms with Gasteiger partial charge < -0.3 is 20.1 Å².